The van der Waals surface area contributed by atoms with Crippen molar-refractivity contribution in [2.45, 2.75) is 104 Å². The van der Waals surface area contributed by atoms with Gasteiger partial charge >= 0.3 is 11.9 Å². The van der Waals surface area contributed by atoms with E-state index in [1.165, 1.54) is 0 Å². The highest BCUT2D eigenvalue weighted by molar-refractivity contribution is 7.80. The Hall–Kier alpha value is -3.60. The van der Waals surface area contributed by atoms with Crippen molar-refractivity contribution in [3.8, 4) is 0 Å². The molecule has 1 saturated heterocycles. The fraction of sp³-hybridized carbons (Fsp3) is 0.545. The van der Waals surface area contributed by atoms with Crippen LogP contribution in [-0.2, 0) is 51.3 Å². The minimum absolute atomic E-state index is 0.0126. The molecule has 2 aliphatic rings. The fourth-order valence-electron chi connectivity index (χ4n) is 6.98. The monoisotopic (exact) mass is 624 g/mol. The van der Waals surface area contributed by atoms with Crippen molar-refractivity contribution >= 4 is 42.1 Å². The number of thiol groups is 1. The highest BCUT2D eigenvalue weighted by Crippen LogP contribution is 2.34. The minimum Gasteiger partial charge on any atom is -0.481 e. The zero-order valence-corrected chi connectivity index (χ0v) is 27.3. The van der Waals surface area contributed by atoms with E-state index in [2.05, 4.69) is 32.9 Å². The molecule has 5 N–H and O–H groups in total. The van der Waals surface area contributed by atoms with Crippen LogP contribution in [0.15, 0.2) is 16.1 Å². The molecular weight excluding hydrogens is 580 g/mol. The van der Waals surface area contributed by atoms with Gasteiger partial charge in [-0.05, 0) is 67.9 Å². The Kier molecular flexibility index (Phi) is 10.3. The molecule has 4 heterocycles. The number of aromatic amines is 2. The molecule has 10 nitrogen and oxygen atoms in total. The van der Waals surface area contributed by atoms with Gasteiger partial charge in [-0.2, -0.15) is 12.6 Å². The number of carboxylic acids is 2. The van der Waals surface area contributed by atoms with Crippen LogP contribution in [0.25, 0.3) is 0 Å². The summed E-state index contributed by atoms with van der Waals surface area (Å²) in [6, 6.07) is -0.104. The summed E-state index contributed by atoms with van der Waals surface area (Å²) in [5.41, 5.74) is 9.62. The van der Waals surface area contributed by atoms with E-state index < -0.39 is 11.9 Å². The van der Waals surface area contributed by atoms with Crippen LogP contribution in [0.1, 0.15) is 92.0 Å². The molecule has 2 aromatic heterocycles. The molecule has 238 valence electrons. The third kappa shape index (κ3) is 6.87. The summed E-state index contributed by atoms with van der Waals surface area (Å²) in [5, 5.41) is 22.1. The predicted molar refractivity (Wildman–Crippen MR) is 172 cm³/mol. The molecule has 44 heavy (non-hydrogen) atoms. The number of aromatic nitrogens is 2. The second-order valence-corrected chi connectivity index (χ2v) is 13.1. The van der Waals surface area contributed by atoms with E-state index in [1.54, 1.807) is 0 Å². The van der Waals surface area contributed by atoms with Gasteiger partial charge in [-0.3, -0.25) is 19.2 Å². The minimum atomic E-state index is -0.892. The maximum Gasteiger partial charge on any atom is 0.303 e. The number of carbonyl (C=O) groups is 4. The largest absolute Gasteiger partial charge is 0.481 e. The van der Waals surface area contributed by atoms with Crippen LogP contribution in [0.5, 0.6) is 0 Å². The first-order chi connectivity index (χ1) is 20.7. The van der Waals surface area contributed by atoms with E-state index >= 15 is 0 Å². The highest BCUT2D eigenvalue weighted by Gasteiger charge is 2.41. The first-order valence-corrected chi connectivity index (χ1v) is 15.9. The summed E-state index contributed by atoms with van der Waals surface area (Å²) in [6.45, 7) is 11.7. The van der Waals surface area contributed by atoms with Gasteiger partial charge in [0.1, 0.15) is 0 Å². The number of H-pyrrole nitrogens is 2. The van der Waals surface area contributed by atoms with Gasteiger partial charge in [0.25, 0.3) is 5.91 Å². The normalized spacial score (nSPS) is 20.8. The molecule has 4 atom stereocenters. The van der Waals surface area contributed by atoms with E-state index in [4.69, 9.17) is 0 Å². The molecule has 0 aliphatic carbocycles. The molecule has 0 spiro atoms. The third-order valence-electron chi connectivity index (χ3n) is 9.52. The summed E-state index contributed by atoms with van der Waals surface area (Å²) in [4.78, 5) is 59.5. The van der Waals surface area contributed by atoms with Crippen molar-refractivity contribution in [1.82, 2.24) is 15.3 Å². The van der Waals surface area contributed by atoms with Crippen molar-refractivity contribution in [2.24, 2.45) is 16.8 Å². The van der Waals surface area contributed by atoms with Crippen molar-refractivity contribution in [3.05, 3.63) is 56.2 Å². The van der Waals surface area contributed by atoms with E-state index in [1.807, 2.05) is 41.5 Å². The molecule has 1 unspecified atom stereocenters. The van der Waals surface area contributed by atoms with Crippen LogP contribution >= 0.6 is 12.6 Å². The van der Waals surface area contributed by atoms with Crippen molar-refractivity contribution < 1.29 is 29.4 Å². The number of aliphatic carboxylic acids is 2. The second-order valence-electron chi connectivity index (χ2n) is 12.3. The first kappa shape index (κ1) is 33.3. The quantitative estimate of drug-likeness (QED) is 0.170. The van der Waals surface area contributed by atoms with Gasteiger partial charge in [-0.25, -0.2) is 4.99 Å². The number of rotatable bonds is 14. The van der Waals surface area contributed by atoms with Crippen LogP contribution in [0.3, 0.4) is 0 Å². The fourth-order valence-corrected chi connectivity index (χ4v) is 7.44. The Morgan fingerprint density at radius 2 is 1.45 bits per heavy atom. The molecule has 0 aromatic carbocycles. The lowest BCUT2D eigenvalue weighted by molar-refractivity contribution is -0.138. The van der Waals surface area contributed by atoms with Crippen LogP contribution in [0, 0.1) is 25.7 Å². The molecule has 0 radical (unpaired) electrons. The average Bonchev–Trinajstić information content (AvgIpc) is 3.59. The topological polar surface area (TPSA) is 165 Å². The molecule has 0 saturated carbocycles. The Labute approximate surface area is 263 Å². The van der Waals surface area contributed by atoms with Gasteiger partial charge in [0.05, 0.1) is 5.71 Å². The number of carboxylic acid groups (broad SMARTS) is 2. The van der Waals surface area contributed by atoms with E-state index in [-0.39, 0.29) is 47.8 Å². The Morgan fingerprint density at radius 1 is 0.909 bits per heavy atom. The summed E-state index contributed by atoms with van der Waals surface area (Å²) in [6.07, 6.45) is 2.64. The van der Waals surface area contributed by atoms with Gasteiger partial charge in [0.2, 0.25) is 5.91 Å². The molecule has 1 fully saturated rings. The summed E-state index contributed by atoms with van der Waals surface area (Å²) >= 11 is 4.67. The number of amides is 2. The standard InChI is InChI=1S/C33H44N4O6S/c1-7-20-15(2)25(36-33(20)43)12-23-16(3)21(8-10-29(38)39)26(34-23)14-27-22(9-11-30(40)41)17(4)24(35-27)13-28-31(19(6)44)18(5)32(42)37-28/h18-19,28,31,34-35,44H,7-14H2,1-6H3,(H,37,42)(H,38,39)(H,40,41)/t18-,19+,28?,31+/m1/s1. The Balaban J connectivity index is 1.71. The first-order valence-electron chi connectivity index (χ1n) is 15.4. The van der Waals surface area contributed by atoms with Gasteiger partial charge in [0, 0.05) is 83.6 Å². The van der Waals surface area contributed by atoms with Crippen molar-refractivity contribution in [2.75, 3.05) is 0 Å². The lowest BCUT2D eigenvalue weighted by Crippen LogP contribution is -2.34. The molecule has 2 amide bonds. The number of hydrogen-bond acceptors (Lipinski definition) is 5. The number of allylic oxidation sites excluding steroid dienone is 1. The molecule has 2 aliphatic heterocycles. The second kappa shape index (κ2) is 13.6. The summed E-state index contributed by atoms with van der Waals surface area (Å²) < 4.78 is 0. The van der Waals surface area contributed by atoms with E-state index in [0.29, 0.717) is 44.2 Å². The van der Waals surface area contributed by atoms with Gasteiger partial charge in [-0.15, -0.1) is 0 Å². The van der Waals surface area contributed by atoms with Gasteiger partial charge < -0.3 is 25.5 Å². The summed E-state index contributed by atoms with van der Waals surface area (Å²) in [7, 11) is 0. The number of nitrogens with zero attached hydrogens (tertiary/aromatic N) is 1. The summed E-state index contributed by atoms with van der Waals surface area (Å²) in [5.74, 6) is -2.07. The number of nitrogens with one attached hydrogen (secondary N) is 3. The van der Waals surface area contributed by atoms with Crippen LogP contribution in [0.2, 0.25) is 0 Å². The van der Waals surface area contributed by atoms with Crippen LogP contribution in [0.4, 0.5) is 0 Å². The molecule has 11 heteroatoms. The van der Waals surface area contributed by atoms with Gasteiger partial charge in [0.15, 0.2) is 0 Å². The number of aliphatic imine (C=N–C) groups is 1. The van der Waals surface area contributed by atoms with E-state index in [9.17, 15) is 29.4 Å². The Morgan fingerprint density at radius 3 is 1.95 bits per heavy atom. The van der Waals surface area contributed by atoms with Crippen molar-refractivity contribution in [3.63, 3.8) is 0 Å². The molecular formula is C33H44N4O6S. The zero-order valence-electron chi connectivity index (χ0n) is 26.4. The van der Waals surface area contributed by atoms with Gasteiger partial charge in [-0.1, -0.05) is 20.8 Å². The SMILES string of the molecule is CCC1=C(C)C(Cc2[nH]c(Cc3[nH]c(CC4NC(=O)[C@H](C)[C@H]4[C@H](C)S)c(C)c3CCC(=O)O)c(CCC(=O)O)c2C)=NC1=O. The lowest BCUT2D eigenvalue weighted by atomic mass is 9.86. The number of carbonyl (C=O) groups excluding carboxylic acids is 2. The van der Waals surface area contributed by atoms with Crippen molar-refractivity contribution in [1.29, 1.82) is 0 Å². The Bertz CT molecular complexity index is 1550. The third-order valence-corrected chi connectivity index (χ3v) is 9.86. The van der Waals surface area contributed by atoms with Crippen LogP contribution < -0.4 is 5.32 Å². The zero-order chi connectivity index (χ0) is 32.5. The van der Waals surface area contributed by atoms with E-state index in [0.717, 1.165) is 56.2 Å². The smallest absolute Gasteiger partial charge is 0.303 e. The maximum atomic E-state index is 12.5. The lowest BCUT2D eigenvalue weighted by Gasteiger charge is -2.24. The predicted octanol–water partition coefficient (Wildman–Crippen LogP) is 4.45. The maximum absolute atomic E-state index is 12.5. The average molecular weight is 625 g/mol. The molecule has 2 aromatic rings. The van der Waals surface area contributed by atoms with Crippen LogP contribution in [-0.4, -0.2) is 60.9 Å². The molecule has 4 rings (SSSR count). The molecule has 0 bridgehead atoms. The number of hydrogen-bond donors (Lipinski definition) is 6. The highest BCUT2D eigenvalue weighted by atomic mass is 32.1.